The van der Waals surface area contributed by atoms with E-state index < -0.39 is 17.3 Å². The zero-order chi connectivity index (χ0) is 21.6. The maximum atomic E-state index is 13.0. The third-order valence-electron chi connectivity index (χ3n) is 4.48. The van der Waals surface area contributed by atoms with Crippen LogP contribution in [0.2, 0.25) is 10.0 Å². The molecular weight excluding hydrogens is 440 g/mol. The quantitative estimate of drug-likeness (QED) is 0.436. The van der Waals surface area contributed by atoms with Gasteiger partial charge in [0, 0.05) is 16.8 Å². The van der Waals surface area contributed by atoms with Crippen LogP contribution in [0.15, 0.2) is 53.5 Å². The van der Waals surface area contributed by atoms with Crippen LogP contribution in [0.4, 0.5) is 13.2 Å². The molecule has 4 aromatic rings. The summed E-state index contributed by atoms with van der Waals surface area (Å²) < 4.78 is 39.3. The highest BCUT2D eigenvalue weighted by molar-refractivity contribution is 6.36. The number of benzene rings is 2. The lowest BCUT2D eigenvalue weighted by Gasteiger charge is -2.07. The Kier molecular flexibility index (Phi) is 4.80. The van der Waals surface area contributed by atoms with Crippen molar-refractivity contribution in [2.75, 3.05) is 0 Å². The van der Waals surface area contributed by atoms with Gasteiger partial charge in [0.2, 0.25) is 0 Å². The minimum absolute atomic E-state index is 0.0929. The highest BCUT2D eigenvalue weighted by Gasteiger charge is 2.30. The minimum Gasteiger partial charge on any atom is -0.345 e. The zero-order valence-corrected chi connectivity index (χ0v) is 16.3. The molecule has 0 radical (unpaired) electrons. The molecule has 0 aliphatic heterocycles. The molecule has 5 nitrogen and oxygen atoms in total. The summed E-state index contributed by atoms with van der Waals surface area (Å²) in [4.78, 5) is 15.8. The van der Waals surface area contributed by atoms with E-state index in [4.69, 9.17) is 23.2 Å². The normalized spacial score (nSPS) is 11.6. The van der Waals surface area contributed by atoms with Crippen LogP contribution >= 0.6 is 23.2 Å². The van der Waals surface area contributed by atoms with Crippen LogP contribution in [-0.2, 0) is 6.18 Å². The highest BCUT2D eigenvalue weighted by atomic mass is 35.5. The van der Waals surface area contributed by atoms with Crippen molar-refractivity contribution in [3.8, 4) is 28.5 Å². The zero-order valence-electron chi connectivity index (χ0n) is 14.8. The van der Waals surface area contributed by atoms with Crippen LogP contribution in [-0.4, -0.2) is 14.6 Å². The van der Waals surface area contributed by atoms with E-state index in [0.717, 1.165) is 16.6 Å². The second-order valence-electron chi connectivity index (χ2n) is 6.30. The number of rotatable bonds is 2. The average molecular weight is 449 g/mol. The molecule has 10 heteroatoms. The number of hydrogen-bond donors (Lipinski definition) is 1. The predicted octanol–water partition coefficient (Wildman–Crippen LogP) is 5.55. The fourth-order valence-electron chi connectivity index (χ4n) is 3.04. The van der Waals surface area contributed by atoms with Gasteiger partial charge in [0.25, 0.3) is 5.56 Å². The van der Waals surface area contributed by atoms with Gasteiger partial charge in [-0.05, 0) is 35.9 Å². The smallest absolute Gasteiger partial charge is 0.345 e. The standard InChI is InChI=1S/C20H9Cl2F3N4O/c21-12-5-6-13(16(22)7-12)17-14(8-26)18-27-9-15(19(30)29(18)28-17)10-1-3-11(4-2-10)20(23,24)25/h1-7,9,27H. The predicted molar refractivity (Wildman–Crippen MR) is 106 cm³/mol. The lowest BCUT2D eigenvalue weighted by Crippen LogP contribution is -2.17. The maximum Gasteiger partial charge on any atom is 0.416 e. The fourth-order valence-corrected chi connectivity index (χ4v) is 3.53. The van der Waals surface area contributed by atoms with E-state index in [1.165, 1.54) is 24.4 Å². The van der Waals surface area contributed by atoms with E-state index in [9.17, 15) is 23.2 Å². The third kappa shape index (κ3) is 3.32. The largest absolute Gasteiger partial charge is 0.416 e. The summed E-state index contributed by atoms with van der Waals surface area (Å²) in [6, 6.07) is 10.8. The fraction of sp³-hybridized carbons (Fsp3) is 0.0500. The van der Waals surface area contributed by atoms with Crippen LogP contribution in [0.25, 0.3) is 28.0 Å². The Morgan fingerprint density at radius 2 is 1.77 bits per heavy atom. The van der Waals surface area contributed by atoms with Crippen molar-refractivity contribution in [3.05, 3.63) is 80.2 Å². The van der Waals surface area contributed by atoms with Gasteiger partial charge in [-0.2, -0.15) is 28.0 Å². The lowest BCUT2D eigenvalue weighted by molar-refractivity contribution is -0.137. The summed E-state index contributed by atoms with van der Waals surface area (Å²) in [7, 11) is 0. The molecular formula is C20H9Cl2F3N4O. The Morgan fingerprint density at radius 1 is 1.07 bits per heavy atom. The van der Waals surface area contributed by atoms with Gasteiger partial charge in [-0.25, -0.2) is 0 Å². The summed E-state index contributed by atoms with van der Waals surface area (Å²) in [6.07, 6.45) is -3.15. The first kappa shape index (κ1) is 20.0. The van der Waals surface area contributed by atoms with Crippen LogP contribution in [0.1, 0.15) is 11.1 Å². The Morgan fingerprint density at radius 3 is 2.37 bits per heavy atom. The van der Waals surface area contributed by atoms with Gasteiger partial charge in [-0.1, -0.05) is 35.3 Å². The van der Waals surface area contributed by atoms with E-state index >= 15 is 0 Å². The number of nitrogens with zero attached hydrogens (tertiary/aromatic N) is 3. The first-order chi connectivity index (χ1) is 14.2. The molecule has 0 saturated heterocycles. The lowest BCUT2D eigenvalue weighted by atomic mass is 10.1. The maximum absolute atomic E-state index is 13.0. The van der Waals surface area contributed by atoms with E-state index in [2.05, 4.69) is 10.1 Å². The molecule has 0 unspecified atom stereocenters. The van der Waals surface area contributed by atoms with Gasteiger partial charge in [-0.3, -0.25) is 4.79 Å². The molecule has 0 atom stereocenters. The molecule has 0 saturated carbocycles. The molecule has 150 valence electrons. The number of H-pyrrole nitrogens is 1. The van der Waals surface area contributed by atoms with E-state index in [1.54, 1.807) is 12.1 Å². The van der Waals surface area contributed by atoms with Crippen molar-refractivity contribution in [2.24, 2.45) is 0 Å². The minimum atomic E-state index is -4.48. The number of fused-ring (bicyclic) bond motifs is 1. The number of nitriles is 1. The van der Waals surface area contributed by atoms with Gasteiger partial charge in [0.1, 0.15) is 17.3 Å². The van der Waals surface area contributed by atoms with Crippen molar-refractivity contribution in [2.45, 2.75) is 6.18 Å². The Balaban J connectivity index is 1.90. The second kappa shape index (κ2) is 7.20. The summed E-state index contributed by atoms with van der Waals surface area (Å²) in [5, 5.41) is 14.5. The van der Waals surface area contributed by atoms with Crippen LogP contribution < -0.4 is 5.56 Å². The van der Waals surface area contributed by atoms with Crippen molar-refractivity contribution in [1.82, 2.24) is 14.6 Å². The molecule has 30 heavy (non-hydrogen) atoms. The van der Waals surface area contributed by atoms with Crippen molar-refractivity contribution in [3.63, 3.8) is 0 Å². The first-order valence-electron chi connectivity index (χ1n) is 8.38. The Hall–Kier alpha value is -3.28. The monoisotopic (exact) mass is 448 g/mol. The first-order valence-corrected chi connectivity index (χ1v) is 9.14. The van der Waals surface area contributed by atoms with E-state index in [1.807, 2.05) is 6.07 Å². The highest BCUT2D eigenvalue weighted by Crippen LogP contribution is 2.33. The van der Waals surface area contributed by atoms with E-state index in [-0.39, 0.29) is 33.1 Å². The van der Waals surface area contributed by atoms with Crippen molar-refractivity contribution in [1.29, 1.82) is 5.26 Å². The summed E-state index contributed by atoms with van der Waals surface area (Å²) in [6.45, 7) is 0. The average Bonchev–Trinajstić information content (AvgIpc) is 3.07. The molecule has 2 aromatic heterocycles. The molecule has 0 spiro atoms. The number of halogens is 5. The number of hydrogen-bond acceptors (Lipinski definition) is 3. The number of aromatic amines is 1. The second-order valence-corrected chi connectivity index (χ2v) is 7.15. The summed E-state index contributed by atoms with van der Waals surface area (Å²) in [5.41, 5.74) is -0.245. The van der Waals surface area contributed by atoms with E-state index in [0.29, 0.717) is 10.6 Å². The third-order valence-corrected chi connectivity index (χ3v) is 5.03. The molecule has 0 aliphatic rings. The van der Waals surface area contributed by atoms with Crippen LogP contribution in [0.3, 0.4) is 0 Å². The summed E-state index contributed by atoms with van der Waals surface area (Å²) >= 11 is 12.1. The van der Waals surface area contributed by atoms with Gasteiger partial charge < -0.3 is 4.98 Å². The number of aromatic nitrogens is 3. The molecule has 2 aromatic carbocycles. The summed E-state index contributed by atoms with van der Waals surface area (Å²) in [5.74, 6) is 0. The molecule has 1 N–H and O–H groups in total. The Labute approximate surface area is 176 Å². The molecule has 0 bridgehead atoms. The Bertz CT molecular complexity index is 1380. The molecule has 4 rings (SSSR count). The van der Waals surface area contributed by atoms with Crippen molar-refractivity contribution >= 4 is 28.8 Å². The van der Waals surface area contributed by atoms with Crippen molar-refractivity contribution < 1.29 is 13.2 Å². The van der Waals surface area contributed by atoms with Gasteiger partial charge in [0.05, 0.1) is 16.1 Å². The number of nitrogens with one attached hydrogen (secondary N) is 1. The van der Waals surface area contributed by atoms with Gasteiger partial charge >= 0.3 is 6.18 Å². The number of alkyl halides is 3. The molecule has 0 fully saturated rings. The SMILES string of the molecule is N#Cc1c(-c2ccc(Cl)cc2Cl)nn2c(=O)c(-c3ccc(C(F)(F)F)cc3)c[nH]c12. The van der Waals surface area contributed by atoms with Gasteiger partial charge in [-0.15, -0.1) is 0 Å². The van der Waals surface area contributed by atoms with Crippen LogP contribution in [0, 0.1) is 11.3 Å². The molecule has 2 heterocycles. The van der Waals surface area contributed by atoms with Crippen LogP contribution in [0.5, 0.6) is 0 Å². The topological polar surface area (TPSA) is 74.0 Å². The van der Waals surface area contributed by atoms with Gasteiger partial charge in [0.15, 0.2) is 5.65 Å². The molecule has 0 amide bonds. The molecule has 0 aliphatic carbocycles.